The van der Waals surface area contributed by atoms with E-state index >= 15 is 0 Å². The molecule has 0 saturated carbocycles. The molecule has 100 valence electrons. The Morgan fingerprint density at radius 2 is 2.29 bits per heavy atom. The number of amides is 2. The fourth-order valence-electron chi connectivity index (χ4n) is 2.08. The van der Waals surface area contributed by atoms with Crippen molar-refractivity contribution in [3.63, 3.8) is 0 Å². The number of nitrogens with one attached hydrogen (secondary N) is 1. The fraction of sp³-hybridized carbons (Fsp3) is 0.917. The van der Waals surface area contributed by atoms with Crippen LogP contribution in [0, 0.1) is 11.8 Å². The number of likely N-dealkylation sites (tertiary alicyclic amines) is 1. The van der Waals surface area contributed by atoms with Crippen molar-refractivity contribution in [2.75, 3.05) is 31.6 Å². The van der Waals surface area contributed by atoms with Gasteiger partial charge < -0.3 is 15.3 Å². The highest BCUT2D eigenvalue weighted by molar-refractivity contribution is 7.98. The summed E-state index contributed by atoms with van der Waals surface area (Å²) in [4.78, 5) is 13.7. The molecule has 0 radical (unpaired) electrons. The van der Waals surface area contributed by atoms with Gasteiger partial charge in [0.1, 0.15) is 0 Å². The lowest BCUT2D eigenvalue weighted by molar-refractivity contribution is 0.129. The highest BCUT2D eigenvalue weighted by Crippen LogP contribution is 2.19. The van der Waals surface area contributed by atoms with Gasteiger partial charge in [-0.05, 0) is 31.3 Å². The fourth-order valence-corrected chi connectivity index (χ4v) is 2.77. The number of aliphatic hydroxyl groups excluding tert-OH is 1. The SMILES string of the molecule is CSC[C@H](C)CNC(=O)N1CC[C@H]([C@@H](C)O)C1. The van der Waals surface area contributed by atoms with Crippen molar-refractivity contribution in [2.24, 2.45) is 11.8 Å². The van der Waals surface area contributed by atoms with Gasteiger partial charge in [-0.15, -0.1) is 0 Å². The molecule has 1 heterocycles. The maximum Gasteiger partial charge on any atom is 0.317 e. The van der Waals surface area contributed by atoms with Crippen LogP contribution in [0.15, 0.2) is 0 Å². The Morgan fingerprint density at radius 1 is 1.59 bits per heavy atom. The third kappa shape index (κ3) is 4.76. The normalized spacial score (nSPS) is 23.5. The van der Waals surface area contributed by atoms with Crippen molar-refractivity contribution in [3.05, 3.63) is 0 Å². The monoisotopic (exact) mass is 260 g/mol. The van der Waals surface area contributed by atoms with Crippen LogP contribution in [0.2, 0.25) is 0 Å². The maximum absolute atomic E-state index is 11.8. The predicted molar refractivity (Wildman–Crippen MR) is 72.3 cm³/mol. The van der Waals surface area contributed by atoms with E-state index < -0.39 is 0 Å². The first-order valence-electron chi connectivity index (χ1n) is 6.24. The molecule has 0 spiro atoms. The Bertz CT molecular complexity index is 249. The third-order valence-electron chi connectivity index (χ3n) is 3.25. The van der Waals surface area contributed by atoms with E-state index in [9.17, 15) is 9.90 Å². The van der Waals surface area contributed by atoms with Crippen molar-refractivity contribution >= 4 is 17.8 Å². The molecule has 17 heavy (non-hydrogen) atoms. The lowest BCUT2D eigenvalue weighted by Gasteiger charge is -2.19. The van der Waals surface area contributed by atoms with E-state index in [-0.39, 0.29) is 18.1 Å². The molecule has 0 unspecified atom stereocenters. The second-order valence-corrected chi connectivity index (χ2v) is 5.89. The van der Waals surface area contributed by atoms with Crippen LogP contribution < -0.4 is 5.32 Å². The van der Waals surface area contributed by atoms with Gasteiger partial charge in [0, 0.05) is 25.6 Å². The first kappa shape index (κ1) is 14.6. The van der Waals surface area contributed by atoms with Gasteiger partial charge in [-0.1, -0.05) is 6.92 Å². The molecule has 0 aromatic heterocycles. The molecule has 2 amide bonds. The van der Waals surface area contributed by atoms with Crippen molar-refractivity contribution in [1.82, 2.24) is 10.2 Å². The van der Waals surface area contributed by atoms with Gasteiger partial charge in [-0.3, -0.25) is 0 Å². The number of urea groups is 1. The summed E-state index contributed by atoms with van der Waals surface area (Å²) in [6.45, 7) is 6.11. The van der Waals surface area contributed by atoms with Crippen LogP contribution >= 0.6 is 11.8 Å². The van der Waals surface area contributed by atoms with Crippen LogP contribution in [0.25, 0.3) is 0 Å². The van der Waals surface area contributed by atoms with Crippen LogP contribution in [0.4, 0.5) is 4.79 Å². The van der Waals surface area contributed by atoms with E-state index in [0.717, 1.165) is 25.3 Å². The summed E-state index contributed by atoms with van der Waals surface area (Å²) in [6.07, 6.45) is 2.67. The van der Waals surface area contributed by atoms with Crippen LogP contribution in [-0.4, -0.2) is 53.8 Å². The van der Waals surface area contributed by atoms with Gasteiger partial charge >= 0.3 is 6.03 Å². The zero-order chi connectivity index (χ0) is 12.8. The van der Waals surface area contributed by atoms with E-state index in [1.807, 2.05) is 4.90 Å². The Kier molecular flexibility index (Phi) is 6.12. The minimum atomic E-state index is -0.316. The van der Waals surface area contributed by atoms with E-state index in [1.54, 1.807) is 18.7 Å². The van der Waals surface area contributed by atoms with E-state index in [0.29, 0.717) is 12.5 Å². The summed E-state index contributed by atoms with van der Waals surface area (Å²) in [5.74, 6) is 1.81. The average Bonchev–Trinajstić information content (AvgIpc) is 2.75. The van der Waals surface area contributed by atoms with Crippen LogP contribution in [0.3, 0.4) is 0 Å². The quantitative estimate of drug-likeness (QED) is 0.785. The number of rotatable bonds is 5. The number of thioether (sulfide) groups is 1. The van der Waals surface area contributed by atoms with Gasteiger partial charge in [0.15, 0.2) is 0 Å². The van der Waals surface area contributed by atoms with Gasteiger partial charge in [0.2, 0.25) is 0 Å². The van der Waals surface area contributed by atoms with Gasteiger partial charge in [-0.25, -0.2) is 4.79 Å². The summed E-state index contributed by atoms with van der Waals surface area (Å²) in [7, 11) is 0. The molecule has 2 N–H and O–H groups in total. The second kappa shape index (κ2) is 7.11. The first-order valence-corrected chi connectivity index (χ1v) is 7.63. The van der Waals surface area contributed by atoms with Crippen LogP contribution in [0.5, 0.6) is 0 Å². The largest absolute Gasteiger partial charge is 0.393 e. The molecule has 1 rings (SSSR count). The van der Waals surface area contributed by atoms with Gasteiger partial charge in [-0.2, -0.15) is 11.8 Å². The summed E-state index contributed by atoms with van der Waals surface area (Å²) in [5.41, 5.74) is 0. The Labute approximate surface area is 108 Å². The van der Waals surface area contributed by atoms with Crippen LogP contribution in [0.1, 0.15) is 20.3 Å². The highest BCUT2D eigenvalue weighted by Gasteiger charge is 2.28. The van der Waals surface area contributed by atoms with Gasteiger partial charge in [0.05, 0.1) is 6.10 Å². The molecule has 0 aromatic carbocycles. The molecule has 5 heteroatoms. The minimum Gasteiger partial charge on any atom is -0.393 e. The van der Waals surface area contributed by atoms with E-state index in [1.165, 1.54) is 0 Å². The number of carbonyl (C=O) groups is 1. The molecule has 1 saturated heterocycles. The topological polar surface area (TPSA) is 52.6 Å². The smallest absolute Gasteiger partial charge is 0.317 e. The second-order valence-electron chi connectivity index (χ2n) is 4.98. The summed E-state index contributed by atoms with van der Waals surface area (Å²) >= 11 is 1.80. The van der Waals surface area contributed by atoms with Gasteiger partial charge in [0.25, 0.3) is 0 Å². The molecule has 1 aliphatic heterocycles. The minimum absolute atomic E-state index is 0.0149. The van der Waals surface area contributed by atoms with E-state index in [2.05, 4.69) is 18.5 Å². The molecule has 3 atom stereocenters. The Balaban J connectivity index is 2.25. The summed E-state index contributed by atoms with van der Waals surface area (Å²) < 4.78 is 0. The van der Waals surface area contributed by atoms with Crippen molar-refractivity contribution in [1.29, 1.82) is 0 Å². The van der Waals surface area contributed by atoms with E-state index in [4.69, 9.17) is 0 Å². The first-order chi connectivity index (χ1) is 8.04. The number of carbonyl (C=O) groups excluding carboxylic acids is 1. The summed E-state index contributed by atoms with van der Waals surface area (Å²) in [5, 5.41) is 12.4. The number of hydrogen-bond donors (Lipinski definition) is 2. The van der Waals surface area contributed by atoms with Crippen LogP contribution in [-0.2, 0) is 0 Å². The lowest BCUT2D eigenvalue weighted by atomic mass is 10.0. The maximum atomic E-state index is 11.8. The number of aliphatic hydroxyl groups is 1. The van der Waals surface area contributed by atoms with Crippen molar-refractivity contribution < 1.29 is 9.90 Å². The lowest BCUT2D eigenvalue weighted by Crippen LogP contribution is -2.41. The highest BCUT2D eigenvalue weighted by atomic mass is 32.2. The molecule has 4 nitrogen and oxygen atoms in total. The standard InChI is InChI=1S/C12H24N2O2S/c1-9(8-17-3)6-13-12(16)14-5-4-11(7-14)10(2)15/h9-11,15H,4-8H2,1-3H3,(H,13,16)/t9-,10-,11+/m1/s1. The zero-order valence-electron chi connectivity index (χ0n) is 11.0. The molecular formula is C12H24N2O2S. The Hall–Kier alpha value is -0.420. The average molecular weight is 260 g/mol. The third-order valence-corrected chi connectivity index (χ3v) is 4.15. The predicted octanol–water partition coefficient (Wildman–Crippen LogP) is 1.40. The number of hydrogen-bond acceptors (Lipinski definition) is 3. The molecule has 1 fully saturated rings. The molecule has 0 bridgehead atoms. The molecular weight excluding hydrogens is 236 g/mol. The summed E-state index contributed by atoms with van der Waals surface area (Å²) in [6, 6.07) is 0.0149. The van der Waals surface area contributed by atoms with Crippen molar-refractivity contribution in [3.8, 4) is 0 Å². The number of nitrogens with zero attached hydrogens (tertiary/aromatic N) is 1. The Morgan fingerprint density at radius 3 is 2.82 bits per heavy atom. The zero-order valence-corrected chi connectivity index (χ0v) is 11.8. The molecule has 0 aliphatic carbocycles. The molecule has 1 aliphatic rings. The van der Waals surface area contributed by atoms with Crippen molar-refractivity contribution in [2.45, 2.75) is 26.4 Å². The molecule has 0 aromatic rings.